The van der Waals surface area contributed by atoms with E-state index in [0.29, 0.717) is 17.2 Å². The summed E-state index contributed by atoms with van der Waals surface area (Å²) in [5, 5.41) is 5.38. The Hall–Kier alpha value is -1.07. The lowest BCUT2D eigenvalue weighted by atomic mass is 9.91. The molecule has 0 aromatic carbocycles. The number of rotatable bonds is 2. The van der Waals surface area contributed by atoms with Crippen LogP contribution in [-0.4, -0.2) is 42.1 Å². The molecule has 0 spiro atoms. The third-order valence-corrected chi connectivity index (χ3v) is 4.46. The van der Waals surface area contributed by atoms with Crippen LogP contribution in [0.4, 0.5) is 0 Å². The first-order valence-electron chi connectivity index (χ1n) is 6.45. The summed E-state index contributed by atoms with van der Waals surface area (Å²) in [4.78, 5) is 15.4. The molecule has 1 fully saturated rings. The van der Waals surface area contributed by atoms with Gasteiger partial charge in [-0.15, -0.1) is 11.3 Å². The second kappa shape index (κ2) is 4.80. The number of nitrogens with zero attached hydrogens (tertiary/aromatic N) is 1. The molecular weight excluding hydrogens is 260 g/mol. The maximum absolute atomic E-state index is 12.8. The lowest BCUT2D eigenvalue weighted by molar-refractivity contribution is 0.0283. The zero-order chi connectivity index (χ0) is 14.3. The Balaban J connectivity index is 2.30. The van der Waals surface area contributed by atoms with Crippen LogP contribution in [0.25, 0.3) is 0 Å². The lowest BCUT2D eigenvalue weighted by Crippen LogP contribution is -2.67. The molecule has 1 amide bonds. The van der Waals surface area contributed by atoms with Crippen molar-refractivity contribution in [2.75, 3.05) is 20.2 Å². The number of amides is 1. The molecule has 0 atom stereocenters. The van der Waals surface area contributed by atoms with Gasteiger partial charge in [-0.05, 0) is 39.1 Å². The second-order valence-corrected chi connectivity index (χ2v) is 7.18. The summed E-state index contributed by atoms with van der Waals surface area (Å²) >= 11 is 1.44. The van der Waals surface area contributed by atoms with Crippen molar-refractivity contribution in [1.82, 2.24) is 10.2 Å². The van der Waals surface area contributed by atoms with Gasteiger partial charge in [0.05, 0.1) is 12.6 Å². The molecule has 4 nitrogen and oxygen atoms in total. The van der Waals surface area contributed by atoms with Crippen molar-refractivity contribution in [2.24, 2.45) is 0 Å². The molecule has 0 aliphatic carbocycles. The van der Waals surface area contributed by atoms with Gasteiger partial charge in [-0.1, -0.05) is 0 Å². The molecule has 0 radical (unpaired) electrons. The molecule has 0 unspecified atom stereocenters. The quantitative estimate of drug-likeness (QED) is 0.905. The van der Waals surface area contributed by atoms with E-state index in [1.165, 1.54) is 11.3 Å². The summed E-state index contributed by atoms with van der Waals surface area (Å²) in [6, 6.07) is 1.85. The van der Waals surface area contributed by atoms with Crippen molar-refractivity contribution >= 4 is 17.2 Å². The molecule has 0 bridgehead atoms. The molecule has 1 saturated heterocycles. The average molecular weight is 282 g/mol. The van der Waals surface area contributed by atoms with E-state index >= 15 is 0 Å². The fourth-order valence-electron chi connectivity index (χ4n) is 2.30. The standard InChI is InChI=1S/C14H22N2O2S/c1-13(2)9-16(14(3,4)8-15-13)12(17)11-10(18-5)6-7-19-11/h6-7,15H,8-9H2,1-5H3. The van der Waals surface area contributed by atoms with Crippen molar-refractivity contribution in [3.05, 3.63) is 16.3 Å². The molecule has 2 rings (SSSR count). The molecule has 1 aliphatic rings. The number of nitrogens with one attached hydrogen (secondary N) is 1. The molecule has 19 heavy (non-hydrogen) atoms. The predicted molar refractivity (Wildman–Crippen MR) is 78.1 cm³/mol. The number of hydrogen-bond donors (Lipinski definition) is 1. The summed E-state index contributed by atoms with van der Waals surface area (Å²) in [7, 11) is 1.60. The van der Waals surface area contributed by atoms with Crippen LogP contribution >= 0.6 is 11.3 Å². The Morgan fingerprint density at radius 2 is 2.11 bits per heavy atom. The molecule has 0 saturated carbocycles. The van der Waals surface area contributed by atoms with Crippen LogP contribution in [-0.2, 0) is 0 Å². The highest BCUT2D eigenvalue weighted by molar-refractivity contribution is 7.12. The monoisotopic (exact) mass is 282 g/mol. The second-order valence-electron chi connectivity index (χ2n) is 6.26. The molecule has 5 heteroatoms. The van der Waals surface area contributed by atoms with Crippen molar-refractivity contribution in [3.8, 4) is 5.75 Å². The summed E-state index contributed by atoms with van der Waals surface area (Å²) in [6.45, 7) is 9.90. The number of methoxy groups -OCH3 is 1. The highest BCUT2D eigenvalue weighted by Gasteiger charge is 2.41. The van der Waals surface area contributed by atoms with Gasteiger partial charge < -0.3 is 15.0 Å². The molecule has 1 aromatic rings. The fraction of sp³-hybridized carbons (Fsp3) is 0.643. The van der Waals surface area contributed by atoms with Crippen LogP contribution in [0, 0.1) is 0 Å². The summed E-state index contributed by atoms with van der Waals surface area (Å²) < 4.78 is 5.26. The van der Waals surface area contributed by atoms with E-state index in [1.54, 1.807) is 7.11 Å². The highest BCUT2D eigenvalue weighted by atomic mass is 32.1. The molecular formula is C14H22N2O2S. The van der Waals surface area contributed by atoms with Crippen molar-refractivity contribution in [3.63, 3.8) is 0 Å². The molecule has 1 N–H and O–H groups in total. The van der Waals surface area contributed by atoms with Gasteiger partial charge in [-0.25, -0.2) is 0 Å². The molecule has 2 heterocycles. The summed E-state index contributed by atoms with van der Waals surface area (Å²) in [5.41, 5.74) is -0.253. The smallest absolute Gasteiger partial charge is 0.268 e. The third kappa shape index (κ3) is 2.77. The minimum Gasteiger partial charge on any atom is -0.495 e. The first-order valence-corrected chi connectivity index (χ1v) is 7.33. The van der Waals surface area contributed by atoms with Gasteiger partial charge in [-0.3, -0.25) is 4.79 Å². The van der Waals surface area contributed by atoms with Crippen LogP contribution in [0.15, 0.2) is 11.4 Å². The molecule has 106 valence electrons. The Morgan fingerprint density at radius 1 is 1.42 bits per heavy atom. The largest absolute Gasteiger partial charge is 0.495 e. The van der Waals surface area contributed by atoms with E-state index < -0.39 is 0 Å². The topological polar surface area (TPSA) is 41.6 Å². The maximum Gasteiger partial charge on any atom is 0.268 e. The fourth-order valence-corrected chi connectivity index (χ4v) is 3.11. The number of hydrogen-bond acceptors (Lipinski definition) is 4. The normalized spacial score (nSPS) is 21.2. The van der Waals surface area contributed by atoms with Crippen molar-refractivity contribution < 1.29 is 9.53 Å². The van der Waals surface area contributed by atoms with Gasteiger partial charge in [0.15, 0.2) is 0 Å². The molecule has 1 aromatic heterocycles. The van der Waals surface area contributed by atoms with E-state index in [4.69, 9.17) is 4.74 Å². The first-order chi connectivity index (χ1) is 8.77. The first kappa shape index (κ1) is 14.3. The van der Waals surface area contributed by atoms with Crippen LogP contribution in [0.3, 0.4) is 0 Å². The van der Waals surface area contributed by atoms with E-state index in [2.05, 4.69) is 33.0 Å². The van der Waals surface area contributed by atoms with E-state index in [0.717, 1.165) is 6.54 Å². The zero-order valence-electron chi connectivity index (χ0n) is 12.2. The Morgan fingerprint density at radius 3 is 2.74 bits per heavy atom. The minimum atomic E-state index is -0.193. The van der Waals surface area contributed by atoms with Crippen molar-refractivity contribution in [1.29, 1.82) is 0 Å². The Kier molecular flexibility index (Phi) is 3.62. The van der Waals surface area contributed by atoms with E-state index in [9.17, 15) is 4.79 Å². The third-order valence-electron chi connectivity index (χ3n) is 3.57. The van der Waals surface area contributed by atoms with Crippen LogP contribution in [0.5, 0.6) is 5.75 Å². The van der Waals surface area contributed by atoms with E-state index in [-0.39, 0.29) is 17.0 Å². The Labute approximate surface area is 118 Å². The van der Waals surface area contributed by atoms with Crippen LogP contribution in [0.2, 0.25) is 0 Å². The average Bonchev–Trinajstić information content (AvgIpc) is 2.80. The zero-order valence-corrected chi connectivity index (χ0v) is 13.1. The predicted octanol–water partition coefficient (Wildman–Crippen LogP) is 2.36. The van der Waals surface area contributed by atoms with Gasteiger partial charge in [0.1, 0.15) is 10.6 Å². The number of thiophene rings is 1. The minimum absolute atomic E-state index is 0.0598. The lowest BCUT2D eigenvalue weighted by Gasteiger charge is -2.49. The Bertz CT molecular complexity index is 480. The SMILES string of the molecule is COc1ccsc1C(=O)N1CC(C)(C)NCC1(C)C. The maximum atomic E-state index is 12.8. The molecule has 1 aliphatic heterocycles. The van der Waals surface area contributed by atoms with Crippen LogP contribution in [0.1, 0.15) is 37.4 Å². The van der Waals surface area contributed by atoms with Gasteiger partial charge >= 0.3 is 0 Å². The number of carbonyl (C=O) groups is 1. The number of carbonyl (C=O) groups excluding carboxylic acids is 1. The van der Waals surface area contributed by atoms with E-state index in [1.807, 2.05) is 16.3 Å². The van der Waals surface area contributed by atoms with Gasteiger partial charge in [0, 0.05) is 18.6 Å². The van der Waals surface area contributed by atoms with Gasteiger partial charge in [0.25, 0.3) is 5.91 Å². The summed E-state index contributed by atoms with van der Waals surface area (Å²) in [5.74, 6) is 0.730. The van der Waals surface area contributed by atoms with Gasteiger partial charge in [-0.2, -0.15) is 0 Å². The van der Waals surface area contributed by atoms with Gasteiger partial charge in [0.2, 0.25) is 0 Å². The van der Waals surface area contributed by atoms with Crippen molar-refractivity contribution in [2.45, 2.75) is 38.8 Å². The number of ether oxygens (including phenoxy) is 1. The highest BCUT2D eigenvalue weighted by Crippen LogP contribution is 2.31. The summed E-state index contributed by atoms with van der Waals surface area (Å²) in [6.07, 6.45) is 0. The number of piperazine rings is 1. The van der Waals surface area contributed by atoms with Crippen LogP contribution < -0.4 is 10.1 Å².